The first-order valence-corrected chi connectivity index (χ1v) is 10.6. The van der Waals surface area contributed by atoms with Gasteiger partial charge in [-0.25, -0.2) is 0 Å². The van der Waals surface area contributed by atoms with Crippen molar-refractivity contribution in [3.63, 3.8) is 0 Å². The van der Waals surface area contributed by atoms with E-state index in [0.29, 0.717) is 29.3 Å². The molecule has 0 saturated heterocycles. The van der Waals surface area contributed by atoms with E-state index in [1.165, 1.54) is 4.88 Å². The lowest BCUT2D eigenvalue weighted by atomic mass is 10.0. The predicted octanol–water partition coefficient (Wildman–Crippen LogP) is 3.30. The first-order chi connectivity index (χ1) is 13.7. The molecule has 4 rings (SSSR count). The van der Waals surface area contributed by atoms with Gasteiger partial charge in [-0.05, 0) is 49.9 Å². The minimum Gasteiger partial charge on any atom is -0.348 e. The summed E-state index contributed by atoms with van der Waals surface area (Å²) in [6.45, 7) is 1.36. The number of pyridine rings is 1. The molecular weight excluding hydrogens is 394 g/mol. The number of aryl methyl sites for hydroxylation is 2. The average molecular weight is 416 g/mol. The maximum Gasteiger partial charge on any atom is 0.261 e. The Kier molecular flexibility index (Phi) is 5.75. The van der Waals surface area contributed by atoms with Crippen molar-refractivity contribution < 1.29 is 4.79 Å². The van der Waals surface area contributed by atoms with Crippen LogP contribution in [0.25, 0.3) is 11.3 Å². The molecule has 3 aromatic heterocycles. The minimum atomic E-state index is -0.0670. The van der Waals surface area contributed by atoms with Crippen molar-refractivity contribution in [2.45, 2.75) is 38.3 Å². The van der Waals surface area contributed by atoms with Crippen molar-refractivity contribution in [2.75, 3.05) is 6.54 Å². The molecule has 8 heteroatoms. The molecule has 1 aliphatic heterocycles. The van der Waals surface area contributed by atoms with Crippen LogP contribution in [0.3, 0.4) is 0 Å². The molecule has 0 bridgehead atoms. The maximum absolute atomic E-state index is 12.9. The van der Waals surface area contributed by atoms with Crippen LogP contribution in [0.5, 0.6) is 0 Å². The predicted molar refractivity (Wildman–Crippen MR) is 112 cm³/mol. The van der Waals surface area contributed by atoms with Crippen LogP contribution < -0.4 is 11.1 Å². The van der Waals surface area contributed by atoms with Gasteiger partial charge in [0.05, 0.1) is 21.8 Å². The van der Waals surface area contributed by atoms with Crippen molar-refractivity contribution in [2.24, 2.45) is 5.73 Å². The van der Waals surface area contributed by atoms with Crippen molar-refractivity contribution in [3.8, 4) is 11.3 Å². The Balaban J connectivity index is 1.55. The molecule has 0 aliphatic carbocycles. The zero-order chi connectivity index (χ0) is 19.5. The zero-order valence-corrected chi connectivity index (χ0v) is 17.0. The third-order valence-electron chi connectivity index (χ3n) is 4.91. The second-order valence-electron chi connectivity index (χ2n) is 6.93. The number of hydrogen-bond acceptors (Lipinski definition) is 5. The van der Waals surface area contributed by atoms with E-state index in [1.807, 2.05) is 29.1 Å². The summed E-state index contributed by atoms with van der Waals surface area (Å²) in [4.78, 5) is 19.0. The van der Waals surface area contributed by atoms with Crippen molar-refractivity contribution in [1.29, 1.82) is 0 Å². The van der Waals surface area contributed by atoms with Gasteiger partial charge in [0, 0.05) is 35.4 Å². The molecule has 1 aliphatic rings. The molecule has 0 saturated carbocycles. The Bertz CT molecular complexity index is 968. The summed E-state index contributed by atoms with van der Waals surface area (Å²) in [5.74, 6) is -0.0670. The highest BCUT2D eigenvalue weighted by Crippen LogP contribution is 2.38. The molecule has 0 unspecified atom stereocenters. The van der Waals surface area contributed by atoms with Crippen LogP contribution in [0.2, 0.25) is 5.02 Å². The van der Waals surface area contributed by atoms with Crippen LogP contribution in [0.1, 0.15) is 33.0 Å². The summed E-state index contributed by atoms with van der Waals surface area (Å²) in [5.41, 5.74) is 8.79. The monoisotopic (exact) mass is 415 g/mol. The van der Waals surface area contributed by atoms with Gasteiger partial charge in [0.25, 0.3) is 5.91 Å². The third kappa shape index (κ3) is 3.97. The normalized spacial score (nSPS) is 14.1. The van der Waals surface area contributed by atoms with Gasteiger partial charge in [-0.15, -0.1) is 11.3 Å². The fraction of sp³-hybridized carbons (Fsp3) is 0.350. The lowest BCUT2D eigenvalue weighted by Gasteiger charge is -2.17. The molecule has 0 radical (unpaired) electrons. The van der Waals surface area contributed by atoms with E-state index in [4.69, 9.17) is 17.3 Å². The van der Waals surface area contributed by atoms with E-state index < -0.39 is 0 Å². The number of amides is 1. The molecule has 0 aromatic carbocycles. The molecule has 28 heavy (non-hydrogen) atoms. The minimum absolute atomic E-state index is 0.0299. The Morgan fingerprint density at radius 1 is 1.43 bits per heavy atom. The van der Waals surface area contributed by atoms with Crippen molar-refractivity contribution in [1.82, 2.24) is 20.1 Å². The Labute approximate surface area is 172 Å². The summed E-state index contributed by atoms with van der Waals surface area (Å²) in [6.07, 6.45) is 8.57. The number of carbonyl (C=O) groups excluding carboxylic acids is 1. The van der Waals surface area contributed by atoms with E-state index in [-0.39, 0.29) is 11.9 Å². The number of nitrogens with two attached hydrogens (primary N) is 1. The second kappa shape index (κ2) is 8.43. The van der Waals surface area contributed by atoms with E-state index in [2.05, 4.69) is 15.4 Å². The van der Waals surface area contributed by atoms with Gasteiger partial charge in [-0.1, -0.05) is 17.7 Å². The topological polar surface area (TPSA) is 85.8 Å². The van der Waals surface area contributed by atoms with Crippen molar-refractivity contribution in [3.05, 3.63) is 57.1 Å². The number of nitrogens with zero attached hydrogens (tertiary/aromatic N) is 3. The number of rotatable bonds is 6. The summed E-state index contributed by atoms with van der Waals surface area (Å²) in [6, 6.07) is 5.83. The Morgan fingerprint density at radius 3 is 3.11 bits per heavy atom. The maximum atomic E-state index is 12.9. The summed E-state index contributed by atoms with van der Waals surface area (Å²) >= 11 is 7.91. The van der Waals surface area contributed by atoms with Crippen LogP contribution in [0.4, 0.5) is 0 Å². The number of hydrogen-bond donors (Lipinski definition) is 2. The summed E-state index contributed by atoms with van der Waals surface area (Å²) in [5, 5.41) is 8.14. The first-order valence-electron chi connectivity index (χ1n) is 9.40. The molecular formula is C20H22ClN5OS. The van der Waals surface area contributed by atoms with E-state index >= 15 is 0 Å². The van der Waals surface area contributed by atoms with Crippen LogP contribution >= 0.6 is 22.9 Å². The highest BCUT2D eigenvalue weighted by Gasteiger charge is 2.24. The number of carbonyl (C=O) groups is 1. The molecule has 1 atom stereocenters. The number of aromatic nitrogens is 3. The highest BCUT2D eigenvalue weighted by molar-refractivity contribution is 7.14. The lowest BCUT2D eigenvalue weighted by Crippen LogP contribution is -2.37. The largest absolute Gasteiger partial charge is 0.348 e. The molecule has 4 heterocycles. The van der Waals surface area contributed by atoms with Crippen LogP contribution in [0, 0.1) is 0 Å². The fourth-order valence-corrected chi connectivity index (χ4v) is 4.95. The van der Waals surface area contributed by atoms with Gasteiger partial charge in [0.2, 0.25) is 0 Å². The van der Waals surface area contributed by atoms with Gasteiger partial charge in [0.15, 0.2) is 0 Å². The molecule has 0 fully saturated rings. The summed E-state index contributed by atoms with van der Waals surface area (Å²) < 4.78 is 1.93. The molecule has 0 spiro atoms. The zero-order valence-electron chi connectivity index (χ0n) is 15.4. The molecule has 6 nitrogen and oxygen atoms in total. The third-order valence-corrected chi connectivity index (χ3v) is 6.38. The van der Waals surface area contributed by atoms with Gasteiger partial charge in [-0.2, -0.15) is 5.10 Å². The summed E-state index contributed by atoms with van der Waals surface area (Å²) in [7, 11) is 0. The van der Waals surface area contributed by atoms with Crippen LogP contribution in [0.15, 0.2) is 36.8 Å². The molecule has 146 valence electrons. The van der Waals surface area contributed by atoms with Gasteiger partial charge in [0.1, 0.15) is 0 Å². The second-order valence-corrected chi connectivity index (χ2v) is 8.47. The first kappa shape index (κ1) is 19.1. The average Bonchev–Trinajstić information content (AvgIpc) is 3.22. The van der Waals surface area contributed by atoms with E-state index in [0.717, 1.165) is 36.2 Å². The Morgan fingerprint density at radius 2 is 2.32 bits per heavy atom. The van der Waals surface area contributed by atoms with E-state index in [9.17, 15) is 4.79 Å². The number of thiophene rings is 1. The van der Waals surface area contributed by atoms with E-state index in [1.54, 1.807) is 23.7 Å². The standard InChI is InChI=1S/C20H22ClN5OS/c21-16-12-24-26-8-2-4-17-15(19(16)26)10-18(28-17)20(27)25-14(5-6-22)9-13-3-1-7-23-11-13/h1,3,7,10-12,14H,2,4-6,8-9,22H2,(H,25,27)/t14-/m1/s1. The van der Waals surface area contributed by atoms with Crippen molar-refractivity contribution >= 4 is 28.8 Å². The lowest BCUT2D eigenvalue weighted by molar-refractivity contribution is 0.0939. The van der Waals surface area contributed by atoms with Gasteiger partial charge < -0.3 is 11.1 Å². The van der Waals surface area contributed by atoms with Gasteiger partial charge >= 0.3 is 0 Å². The number of halogens is 1. The number of nitrogens with one attached hydrogen (secondary N) is 1. The van der Waals surface area contributed by atoms with Crippen LogP contribution in [-0.2, 0) is 19.4 Å². The molecule has 3 aromatic rings. The number of fused-ring (bicyclic) bond motifs is 3. The van der Waals surface area contributed by atoms with Gasteiger partial charge in [-0.3, -0.25) is 14.5 Å². The molecule has 3 N–H and O–H groups in total. The van der Waals surface area contributed by atoms with Crippen LogP contribution in [-0.4, -0.2) is 33.3 Å². The highest BCUT2D eigenvalue weighted by atomic mass is 35.5. The molecule has 1 amide bonds. The SMILES string of the molecule is NCC[C@H](Cc1cccnc1)NC(=O)c1cc2c(s1)CCCn1ncc(Cl)c1-2. The Hall–Kier alpha value is -2.22. The smallest absolute Gasteiger partial charge is 0.261 e. The fourth-order valence-electron chi connectivity index (χ4n) is 3.60. The quantitative estimate of drug-likeness (QED) is 0.646.